The standard InChI is InChI=1S/C20H24N2O4S2/c1-27(23,24)22-11-10-16-6-8-19(12-18(16)14-22)21-28(25,26)20-9-7-15-4-2-3-5-17(15)13-20/h6-9,12-13,21H,2-5,10-11,14H2,1H3. The van der Waals surface area contributed by atoms with Gasteiger partial charge in [0.2, 0.25) is 10.0 Å². The molecule has 1 aliphatic heterocycles. The summed E-state index contributed by atoms with van der Waals surface area (Å²) in [6, 6.07) is 10.7. The van der Waals surface area contributed by atoms with Gasteiger partial charge in [-0.2, -0.15) is 4.31 Å². The minimum atomic E-state index is -3.70. The Morgan fingerprint density at radius 2 is 1.50 bits per heavy atom. The minimum Gasteiger partial charge on any atom is -0.280 e. The number of benzene rings is 2. The van der Waals surface area contributed by atoms with Gasteiger partial charge >= 0.3 is 0 Å². The Morgan fingerprint density at radius 3 is 2.25 bits per heavy atom. The van der Waals surface area contributed by atoms with Gasteiger partial charge in [-0.1, -0.05) is 12.1 Å². The molecule has 0 spiro atoms. The Morgan fingerprint density at radius 1 is 0.821 bits per heavy atom. The highest BCUT2D eigenvalue weighted by Crippen LogP contribution is 2.27. The molecule has 2 aromatic rings. The molecule has 0 saturated carbocycles. The topological polar surface area (TPSA) is 83.6 Å². The highest BCUT2D eigenvalue weighted by Gasteiger charge is 2.24. The molecule has 0 saturated heterocycles. The smallest absolute Gasteiger partial charge is 0.261 e. The fraction of sp³-hybridized carbons (Fsp3) is 0.400. The van der Waals surface area contributed by atoms with Crippen molar-refractivity contribution in [2.24, 2.45) is 0 Å². The van der Waals surface area contributed by atoms with Crippen LogP contribution in [0, 0.1) is 0 Å². The van der Waals surface area contributed by atoms with Crippen LogP contribution in [-0.2, 0) is 45.9 Å². The molecule has 0 fully saturated rings. The third-order valence-corrected chi connectivity index (χ3v) is 8.16. The van der Waals surface area contributed by atoms with E-state index in [0.717, 1.165) is 42.4 Å². The van der Waals surface area contributed by atoms with Crippen LogP contribution in [0.3, 0.4) is 0 Å². The zero-order valence-corrected chi connectivity index (χ0v) is 17.4. The summed E-state index contributed by atoms with van der Waals surface area (Å²) < 4.78 is 53.4. The van der Waals surface area contributed by atoms with E-state index in [2.05, 4.69) is 4.72 Å². The Labute approximate surface area is 166 Å². The highest BCUT2D eigenvalue weighted by atomic mass is 32.2. The number of rotatable bonds is 4. The molecule has 0 bridgehead atoms. The summed E-state index contributed by atoms with van der Waals surface area (Å²) in [5.41, 5.74) is 4.69. The van der Waals surface area contributed by atoms with E-state index in [-0.39, 0.29) is 11.4 Å². The van der Waals surface area contributed by atoms with Gasteiger partial charge in [-0.15, -0.1) is 0 Å². The van der Waals surface area contributed by atoms with Crippen LogP contribution in [-0.4, -0.2) is 33.9 Å². The van der Waals surface area contributed by atoms with E-state index in [1.54, 1.807) is 24.3 Å². The molecule has 0 unspecified atom stereocenters. The fourth-order valence-electron chi connectivity index (χ4n) is 3.97. The van der Waals surface area contributed by atoms with Gasteiger partial charge in [0, 0.05) is 18.8 Å². The van der Waals surface area contributed by atoms with Crippen molar-refractivity contribution in [2.45, 2.75) is 43.5 Å². The monoisotopic (exact) mass is 420 g/mol. The Balaban J connectivity index is 1.59. The molecule has 1 heterocycles. The second-order valence-corrected chi connectivity index (χ2v) is 11.2. The Hall–Kier alpha value is -1.90. The molecule has 0 atom stereocenters. The van der Waals surface area contributed by atoms with Crippen LogP contribution in [0.2, 0.25) is 0 Å². The summed E-state index contributed by atoms with van der Waals surface area (Å²) in [5, 5.41) is 0. The summed E-state index contributed by atoms with van der Waals surface area (Å²) >= 11 is 0. The van der Waals surface area contributed by atoms with Crippen LogP contribution in [0.5, 0.6) is 0 Å². The molecule has 2 aromatic carbocycles. The fourth-order valence-corrected chi connectivity index (χ4v) is 5.87. The van der Waals surface area contributed by atoms with E-state index in [1.165, 1.54) is 16.1 Å². The lowest BCUT2D eigenvalue weighted by molar-refractivity contribution is 0.395. The summed E-state index contributed by atoms with van der Waals surface area (Å²) in [7, 11) is -6.97. The van der Waals surface area contributed by atoms with Crippen LogP contribution in [0.15, 0.2) is 41.3 Å². The normalized spacial score (nSPS) is 17.6. The first-order chi connectivity index (χ1) is 13.2. The molecule has 2 aliphatic rings. The number of nitrogens with one attached hydrogen (secondary N) is 1. The lowest BCUT2D eigenvalue weighted by Crippen LogP contribution is -2.35. The third kappa shape index (κ3) is 3.94. The van der Waals surface area contributed by atoms with Gasteiger partial charge in [-0.05, 0) is 78.6 Å². The van der Waals surface area contributed by atoms with E-state index < -0.39 is 20.0 Å². The number of nitrogens with zero attached hydrogens (tertiary/aromatic N) is 1. The van der Waals surface area contributed by atoms with Gasteiger partial charge in [0.05, 0.1) is 11.2 Å². The van der Waals surface area contributed by atoms with Crippen molar-refractivity contribution in [3.8, 4) is 0 Å². The Bertz CT molecular complexity index is 1120. The van der Waals surface area contributed by atoms with E-state index in [9.17, 15) is 16.8 Å². The van der Waals surface area contributed by atoms with Gasteiger partial charge in [0.15, 0.2) is 0 Å². The number of sulfonamides is 2. The number of anilines is 1. The van der Waals surface area contributed by atoms with Crippen molar-refractivity contribution in [3.05, 3.63) is 58.7 Å². The van der Waals surface area contributed by atoms with Gasteiger partial charge in [0.1, 0.15) is 0 Å². The molecule has 28 heavy (non-hydrogen) atoms. The molecule has 8 heteroatoms. The molecule has 0 amide bonds. The molecular weight excluding hydrogens is 396 g/mol. The maximum atomic E-state index is 12.9. The van der Waals surface area contributed by atoms with Gasteiger partial charge in [-0.3, -0.25) is 4.72 Å². The van der Waals surface area contributed by atoms with Crippen molar-refractivity contribution in [1.82, 2.24) is 4.31 Å². The number of hydrogen-bond donors (Lipinski definition) is 1. The van der Waals surface area contributed by atoms with Crippen molar-refractivity contribution in [2.75, 3.05) is 17.5 Å². The first kappa shape index (κ1) is 19.4. The van der Waals surface area contributed by atoms with Gasteiger partial charge in [-0.25, -0.2) is 16.8 Å². The SMILES string of the molecule is CS(=O)(=O)N1CCc2ccc(NS(=O)(=O)c3ccc4c(c3)CCCC4)cc2C1. The molecule has 1 aliphatic carbocycles. The van der Waals surface area contributed by atoms with Crippen LogP contribution in [0.25, 0.3) is 0 Å². The van der Waals surface area contributed by atoms with Crippen molar-refractivity contribution in [3.63, 3.8) is 0 Å². The van der Waals surface area contributed by atoms with E-state index in [1.807, 2.05) is 12.1 Å². The maximum Gasteiger partial charge on any atom is 0.261 e. The molecule has 150 valence electrons. The van der Waals surface area contributed by atoms with Crippen molar-refractivity contribution in [1.29, 1.82) is 0 Å². The Kier molecular flexibility index (Phi) is 4.97. The largest absolute Gasteiger partial charge is 0.280 e. The molecule has 4 rings (SSSR count). The summed E-state index contributed by atoms with van der Waals surface area (Å²) in [4.78, 5) is 0.267. The predicted molar refractivity (Wildman–Crippen MR) is 109 cm³/mol. The molecule has 0 aromatic heterocycles. The summed E-state index contributed by atoms with van der Waals surface area (Å²) in [6.45, 7) is 0.717. The van der Waals surface area contributed by atoms with Gasteiger partial charge < -0.3 is 0 Å². The average molecular weight is 421 g/mol. The quantitative estimate of drug-likeness (QED) is 0.824. The molecular formula is C20H24N2O4S2. The molecule has 6 nitrogen and oxygen atoms in total. The zero-order valence-electron chi connectivity index (χ0n) is 15.8. The maximum absolute atomic E-state index is 12.9. The number of fused-ring (bicyclic) bond motifs is 2. The summed E-state index contributed by atoms with van der Waals surface area (Å²) in [6.07, 6.45) is 5.98. The van der Waals surface area contributed by atoms with Crippen molar-refractivity contribution >= 4 is 25.7 Å². The van der Waals surface area contributed by atoms with E-state index in [0.29, 0.717) is 18.7 Å². The first-order valence-corrected chi connectivity index (χ1v) is 12.8. The number of aryl methyl sites for hydroxylation is 2. The predicted octanol–water partition coefficient (Wildman–Crippen LogP) is 2.68. The van der Waals surface area contributed by atoms with Crippen LogP contribution < -0.4 is 4.72 Å². The molecule has 1 N–H and O–H groups in total. The van der Waals surface area contributed by atoms with Gasteiger partial charge in [0.25, 0.3) is 10.0 Å². The highest BCUT2D eigenvalue weighted by molar-refractivity contribution is 7.92. The zero-order chi connectivity index (χ0) is 19.9. The lowest BCUT2D eigenvalue weighted by atomic mass is 9.92. The van der Waals surface area contributed by atoms with Crippen LogP contribution in [0.1, 0.15) is 35.1 Å². The molecule has 0 radical (unpaired) electrons. The third-order valence-electron chi connectivity index (χ3n) is 5.53. The minimum absolute atomic E-state index is 0.266. The summed E-state index contributed by atoms with van der Waals surface area (Å²) in [5.74, 6) is 0. The lowest BCUT2D eigenvalue weighted by Gasteiger charge is -2.27. The first-order valence-electron chi connectivity index (χ1n) is 9.44. The average Bonchev–Trinajstić information content (AvgIpc) is 2.66. The second-order valence-electron chi connectivity index (χ2n) is 7.57. The van der Waals surface area contributed by atoms with Crippen LogP contribution in [0.4, 0.5) is 5.69 Å². The number of hydrogen-bond acceptors (Lipinski definition) is 4. The van der Waals surface area contributed by atoms with Crippen molar-refractivity contribution < 1.29 is 16.8 Å². The second kappa shape index (κ2) is 7.17. The van der Waals surface area contributed by atoms with E-state index in [4.69, 9.17) is 0 Å². The van der Waals surface area contributed by atoms with E-state index >= 15 is 0 Å². The van der Waals surface area contributed by atoms with Crippen LogP contribution >= 0.6 is 0 Å².